The molecule has 5 nitrogen and oxygen atoms in total. The molecule has 0 saturated carbocycles. The van der Waals surface area contributed by atoms with Crippen molar-refractivity contribution in [1.29, 1.82) is 0 Å². The van der Waals surface area contributed by atoms with E-state index in [-0.39, 0.29) is 24.2 Å². The zero-order chi connectivity index (χ0) is 17.6. The smallest absolute Gasteiger partial charge is 0.245 e. The van der Waals surface area contributed by atoms with E-state index in [0.29, 0.717) is 6.54 Å². The molecule has 1 fully saturated rings. The van der Waals surface area contributed by atoms with Crippen LogP contribution in [-0.2, 0) is 16.0 Å². The summed E-state index contributed by atoms with van der Waals surface area (Å²) in [5.41, 5.74) is 5.50. The van der Waals surface area contributed by atoms with E-state index in [1.807, 2.05) is 54.6 Å². The lowest BCUT2D eigenvalue weighted by Crippen LogP contribution is -2.30. The summed E-state index contributed by atoms with van der Waals surface area (Å²) in [6, 6.07) is 17.4. The molecule has 0 unspecified atom stereocenters. The fourth-order valence-electron chi connectivity index (χ4n) is 2.85. The van der Waals surface area contributed by atoms with Gasteiger partial charge < -0.3 is 4.90 Å². The van der Waals surface area contributed by atoms with Crippen molar-refractivity contribution < 1.29 is 9.59 Å². The van der Waals surface area contributed by atoms with Crippen LogP contribution >= 0.6 is 0 Å². The fraction of sp³-hybridized carbons (Fsp3) is 0.250. The van der Waals surface area contributed by atoms with Gasteiger partial charge in [0.25, 0.3) is 0 Å². The molecule has 1 saturated heterocycles. The number of nitrogens with one attached hydrogen (secondary N) is 1. The lowest BCUT2D eigenvalue weighted by molar-refractivity contribution is -0.126. The van der Waals surface area contributed by atoms with Gasteiger partial charge in [-0.05, 0) is 29.7 Å². The van der Waals surface area contributed by atoms with Crippen molar-refractivity contribution in [2.75, 3.05) is 11.4 Å². The summed E-state index contributed by atoms with van der Waals surface area (Å²) in [7, 11) is 0. The van der Waals surface area contributed by atoms with E-state index in [1.165, 1.54) is 5.56 Å². The Hall–Kier alpha value is -2.95. The molecule has 2 aromatic carbocycles. The van der Waals surface area contributed by atoms with Crippen molar-refractivity contribution in [3.05, 3.63) is 65.7 Å². The zero-order valence-electron chi connectivity index (χ0n) is 14.2. The fourth-order valence-corrected chi connectivity index (χ4v) is 2.85. The number of carbonyl (C=O) groups is 2. The van der Waals surface area contributed by atoms with Crippen molar-refractivity contribution in [3.8, 4) is 0 Å². The predicted molar refractivity (Wildman–Crippen MR) is 98.5 cm³/mol. The summed E-state index contributed by atoms with van der Waals surface area (Å²) in [5, 5.41) is 3.98. The van der Waals surface area contributed by atoms with Gasteiger partial charge in [-0.2, -0.15) is 5.10 Å². The monoisotopic (exact) mass is 335 g/mol. The van der Waals surface area contributed by atoms with Crippen LogP contribution in [0.2, 0.25) is 0 Å². The molecule has 1 heterocycles. The molecule has 0 bridgehead atoms. The number of carbonyl (C=O) groups excluding carboxylic acids is 2. The lowest BCUT2D eigenvalue weighted by Gasteiger charge is -2.16. The Morgan fingerprint density at radius 2 is 1.92 bits per heavy atom. The van der Waals surface area contributed by atoms with Crippen LogP contribution in [0.4, 0.5) is 5.69 Å². The van der Waals surface area contributed by atoms with E-state index >= 15 is 0 Å². The van der Waals surface area contributed by atoms with Gasteiger partial charge in [-0.1, -0.05) is 49.4 Å². The topological polar surface area (TPSA) is 61.8 Å². The van der Waals surface area contributed by atoms with E-state index in [9.17, 15) is 9.59 Å². The summed E-state index contributed by atoms with van der Waals surface area (Å²) < 4.78 is 0. The third-order valence-corrected chi connectivity index (χ3v) is 4.34. The molecule has 1 N–H and O–H groups in total. The maximum atomic E-state index is 12.3. The lowest BCUT2D eigenvalue weighted by atomic mass is 10.1. The molecule has 2 amide bonds. The van der Waals surface area contributed by atoms with Crippen molar-refractivity contribution in [3.63, 3.8) is 0 Å². The summed E-state index contributed by atoms with van der Waals surface area (Å²) in [4.78, 5) is 26.2. The summed E-state index contributed by atoms with van der Waals surface area (Å²) in [6.07, 6.45) is 2.76. The third kappa shape index (κ3) is 4.12. The minimum atomic E-state index is -0.383. The first-order chi connectivity index (χ1) is 12.2. The number of hydrogen-bond donors (Lipinski definition) is 1. The third-order valence-electron chi connectivity index (χ3n) is 4.34. The van der Waals surface area contributed by atoms with Crippen molar-refractivity contribution in [2.45, 2.75) is 19.8 Å². The molecule has 5 heteroatoms. The SMILES string of the molecule is CCc1ccc(N2C[C@@H](C(=O)N/N=C/c3ccccc3)CC2=O)cc1. The van der Waals surface area contributed by atoms with Gasteiger partial charge >= 0.3 is 0 Å². The second-order valence-electron chi connectivity index (χ2n) is 6.07. The van der Waals surface area contributed by atoms with E-state index in [1.54, 1.807) is 11.1 Å². The van der Waals surface area contributed by atoms with Crippen LogP contribution in [0.5, 0.6) is 0 Å². The first kappa shape index (κ1) is 16.9. The molecule has 1 aliphatic rings. The molecular formula is C20H21N3O2. The van der Waals surface area contributed by atoms with Crippen molar-refractivity contribution >= 4 is 23.7 Å². The summed E-state index contributed by atoms with van der Waals surface area (Å²) in [5.74, 6) is -0.643. The van der Waals surface area contributed by atoms with Crippen LogP contribution in [0.25, 0.3) is 0 Å². The van der Waals surface area contributed by atoms with Gasteiger partial charge in [0.2, 0.25) is 11.8 Å². The number of nitrogens with zero attached hydrogens (tertiary/aromatic N) is 2. The van der Waals surface area contributed by atoms with Crippen LogP contribution in [0, 0.1) is 5.92 Å². The van der Waals surface area contributed by atoms with Crippen molar-refractivity contribution in [2.24, 2.45) is 11.0 Å². The Labute approximate surface area is 147 Å². The Morgan fingerprint density at radius 3 is 2.60 bits per heavy atom. The minimum Gasteiger partial charge on any atom is -0.312 e. The Balaban J connectivity index is 1.59. The van der Waals surface area contributed by atoms with E-state index in [0.717, 1.165) is 17.7 Å². The highest BCUT2D eigenvalue weighted by Crippen LogP contribution is 2.25. The van der Waals surface area contributed by atoms with Gasteiger partial charge in [-0.25, -0.2) is 5.43 Å². The molecule has 2 aromatic rings. The van der Waals surface area contributed by atoms with Crippen LogP contribution in [0.15, 0.2) is 59.7 Å². The largest absolute Gasteiger partial charge is 0.312 e. The molecule has 3 rings (SSSR count). The van der Waals surface area contributed by atoms with Gasteiger partial charge in [0.05, 0.1) is 12.1 Å². The number of amides is 2. The molecular weight excluding hydrogens is 314 g/mol. The second-order valence-corrected chi connectivity index (χ2v) is 6.07. The summed E-state index contributed by atoms with van der Waals surface area (Å²) >= 11 is 0. The molecule has 25 heavy (non-hydrogen) atoms. The van der Waals surface area contributed by atoms with Crippen LogP contribution in [0.1, 0.15) is 24.5 Å². The molecule has 0 radical (unpaired) electrons. The number of aryl methyl sites for hydroxylation is 1. The van der Waals surface area contributed by atoms with Gasteiger partial charge in [-0.15, -0.1) is 0 Å². The van der Waals surface area contributed by atoms with Crippen LogP contribution in [-0.4, -0.2) is 24.6 Å². The van der Waals surface area contributed by atoms with Gasteiger partial charge in [0.1, 0.15) is 0 Å². The predicted octanol–water partition coefficient (Wildman–Crippen LogP) is 2.75. The number of anilines is 1. The molecule has 0 aromatic heterocycles. The maximum Gasteiger partial charge on any atom is 0.245 e. The average molecular weight is 335 g/mol. The van der Waals surface area contributed by atoms with Crippen molar-refractivity contribution in [1.82, 2.24) is 5.43 Å². The van der Waals surface area contributed by atoms with Gasteiger partial charge in [0, 0.05) is 18.7 Å². The van der Waals surface area contributed by atoms with Gasteiger partial charge in [-0.3, -0.25) is 9.59 Å². The molecule has 0 aliphatic carbocycles. The van der Waals surface area contributed by atoms with Crippen LogP contribution in [0.3, 0.4) is 0 Å². The average Bonchev–Trinajstić information content (AvgIpc) is 3.04. The standard InChI is InChI=1S/C20H21N3O2/c1-2-15-8-10-18(11-9-15)23-14-17(12-19(23)24)20(25)22-21-13-16-6-4-3-5-7-16/h3-11,13,17H,2,12,14H2,1H3,(H,22,25)/b21-13+/t17-/m0/s1. The highest BCUT2D eigenvalue weighted by molar-refractivity contribution is 6.00. The quantitative estimate of drug-likeness (QED) is 0.674. The number of hydrazone groups is 1. The number of benzene rings is 2. The maximum absolute atomic E-state index is 12.3. The zero-order valence-corrected chi connectivity index (χ0v) is 14.2. The minimum absolute atomic E-state index is 0.0311. The number of hydrogen-bond acceptors (Lipinski definition) is 3. The summed E-state index contributed by atoms with van der Waals surface area (Å²) in [6.45, 7) is 2.48. The molecule has 128 valence electrons. The second kappa shape index (κ2) is 7.75. The highest BCUT2D eigenvalue weighted by Gasteiger charge is 2.35. The van der Waals surface area contributed by atoms with E-state index in [4.69, 9.17) is 0 Å². The highest BCUT2D eigenvalue weighted by atomic mass is 16.2. The van der Waals surface area contributed by atoms with E-state index < -0.39 is 0 Å². The van der Waals surface area contributed by atoms with E-state index in [2.05, 4.69) is 17.5 Å². The Kier molecular flexibility index (Phi) is 5.23. The molecule has 0 spiro atoms. The first-order valence-electron chi connectivity index (χ1n) is 8.44. The normalized spacial score (nSPS) is 17.2. The van der Waals surface area contributed by atoms with Crippen LogP contribution < -0.4 is 10.3 Å². The molecule has 1 aliphatic heterocycles. The Bertz CT molecular complexity index is 769. The van der Waals surface area contributed by atoms with Gasteiger partial charge in [0.15, 0.2) is 0 Å². The molecule has 1 atom stereocenters. The first-order valence-corrected chi connectivity index (χ1v) is 8.44. The number of rotatable bonds is 5. The Morgan fingerprint density at radius 1 is 1.20 bits per heavy atom.